The van der Waals surface area contributed by atoms with Gasteiger partial charge in [0.1, 0.15) is 0 Å². The van der Waals surface area contributed by atoms with Crippen molar-refractivity contribution in [1.29, 1.82) is 0 Å². The van der Waals surface area contributed by atoms with Crippen LogP contribution in [0.2, 0.25) is 0 Å². The minimum Gasteiger partial charge on any atom is -0.477 e. The summed E-state index contributed by atoms with van der Waals surface area (Å²) in [6.07, 6.45) is 0. The van der Waals surface area contributed by atoms with Gasteiger partial charge in [-0.15, -0.1) is 0 Å². The molecule has 0 bridgehead atoms. The van der Waals surface area contributed by atoms with Crippen molar-refractivity contribution < 1.29 is 72.0 Å². The molecule has 117 valence electrons. The molecule has 0 aromatic heterocycles. The van der Waals surface area contributed by atoms with Crippen LogP contribution in [0, 0.1) is 0 Å². The van der Waals surface area contributed by atoms with E-state index in [1.165, 1.54) is 0 Å². The van der Waals surface area contributed by atoms with E-state index in [4.69, 9.17) is 10.2 Å². The minimum absolute atomic E-state index is 0. The molecule has 0 unspecified atom stereocenters. The molecule has 0 saturated heterocycles. The Labute approximate surface area is 108 Å². The van der Waals surface area contributed by atoms with Crippen LogP contribution in [0.1, 0.15) is 0 Å². The Kier molecular flexibility index (Phi) is 5.44. The normalized spacial score (nSPS) is 13.7. The van der Waals surface area contributed by atoms with Crippen molar-refractivity contribution in [3.63, 3.8) is 0 Å². The van der Waals surface area contributed by atoms with Crippen LogP contribution in [0.4, 0.5) is 35.1 Å². The summed E-state index contributed by atoms with van der Waals surface area (Å²) in [6, 6.07) is 0. The van der Waals surface area contributed by atoms with Crippen LogP contribution in [0.3, 0.4) is 0 Å². The largest absolute Gasteiger partial charge is 0.477 e. The number of alkyl halides is 8. The standard InChI is InChI=1S/C6H2F8O4.Cu/c7-3(8,1(15)16)5(11,12)6(13,14)4(9,10)2(17)18;/h(H,15,16)(H,17,18);. The first-order chi connectivity index (χ1) is 7.64. The third-order valence-corrected chi connectivity index (χ3v) is 1.72. The second-order valence-electron chi connectivity index (χ2n) is 2.91. The maximum absolute atomic E-state index is 12.5. The molecule has 0 spiro atoms. The zero-order chi connectivity index (χ0) is 15.2. The van der Waals surface area contributed by atoms with Crippen LogP contribution in [0.25, 0.3) is 0 Å². The van der Waals surface area contributed by atoms with Crippen molar-refractivity contribution in [2.75, 3.05) is 0 Å². The smallest absolute Gasteiger partial charge is 0.410 e. The van der Waals surface area contributed by atoms with E-state index in [-0.39, 0.29) is 17.1 Å². The van der Waals surface area contributed by atoms with Crippen molar-refractivity contribution in [1.82, 2.24) is 0 Å². The Balaban J connectivity index is 0. The van der Waals surface area contributed by atoms with Gasteiger partial charge in [0.2, 0.25) is 0 Å². The number of carboxylic acid groups (broad SMARTS) is 2. The fraction of sp³-hybridized carbons (Fsp3) is 0.667. The van der Waals surface area contributed by atoms with Crippen LogP contribution in [-0.4, -0.2) is 45.8 Å². The topological polar surface area (TPSA) is 74.6 Å². The molecule has 0 aromatic rings. The third kappa shape index (κ3) is 2.61. The van der Waals surface area contributed by atoms with Gasteiger partial charge in [0.05, 0.1) is 0 Å². The van der Waals surface area contributed by atoms with E-state index in [0.29, 0.717) is 0 Å². The number of rotatable bonds is 5. The summed E-state index contributed by atoms with van der Waals surface area (Å²) in [6.45, 7) is 0. The van der Waals surface area contributed by atoms with Crippen molar-refractivity contribution in [3.8, 4) is 0 Å². The van der Waals surface area contributed by atoms with Crippen molar-refractivity contribution in [2.24, 2.45) is 0 Å². The van der Waals surface area contributed by atoms with Gasteiger partial charge in [-0.05, 0) is 0 Å². The van der Waals surface area contributed by atoms with Gasteiger partial charge in [-0.3, -0.25) is 0 Å². The Morgan fingerprint density at radius 1 is 0.632 bits per heavy atom. The molecular formula is C6H2CuF8O4. The second kappa shape index (κ2) is 5.12. The molecule has 2 N–H and O–H groups in total. The average Bonchev–Trinajstić information content (AvgIpc) is 2.15. The molecular weight excluding hydrogens is 352 g/mol. The summed E-state index contributed by atoms with van der Waals surface area (Å²) < 4.78 is 98.9. The Hall–Kier alpha value is -1.10. The van der Waals surface area contributed by atoms with Crippen molar-refractivity contribution in [3.05, 3.63) is 0 Å². The second-order valence-corrected chi connectivity index (χ2v) is 2.91. The van der Waals surface area contributed by atoms with Crippen LogP contribution >= 0.6 is 0 Å². The Morgan fingerprint density at radius 3 is 0.895 bits per heavy atom. The van der Waals surface area contributed by atoms with E-state index < -0.39 is 35.6 Å². The third-order valence-electron chi connectivity index (χ3n) is 1.72. The fourth-order valence-electron chi connectivity index (χ4n) is 0.663. The SMILES string of the molecule is O=C(O)C(F)(F)C(F)(F)C(F)(F)C(F)(F)C(=O)O.[Cu]. The Bertz CT molecular complexity index is 345. The van der Waals surface area contributed by atoms with E-state index in [2.05, 4.69) is 0 Å². The molecule has 0 saturated carbocycles. The average molecular weight is 354 g/mol. The molecule has 0 atom stereocenters. The maximum atomic E-state index is 12.5. The molecule has 0 aliphatic carbocycles. The molecule has 0 heterocycles. The summed E-state index contributed by atoms with van der Waals surface area (Å²) in [5, 5.41) is 15.2. The quantitative estimate of drug-likeness (QED) is 0.583. The summed E-state index contributed by atoms with van der Waals surface area (Å²) in [5.74, 6) is -35.0. The summed E-state index contributed by atoms with van der Waals surface area (Å²) in [7, 11) is 0. The van der Waals surface area contributed by atoms with Crippen LogP contribution in [0.15, 0.2) is 0 Å². The molecule has 13 heteroatoms. The monoisotopic (exact) mass is 353 g/mol. The van der Waals surface area contributed by atoms with Gasteiger partial charge in [0.25, 0.3) is 0 Å². The number of halogens is 8. The van der Waals surface area contributed by atoms with Gasteiger partial charge in [0, 0.05) is 17.1 Å². The van der Waals surface area contributed by atoms with Crippen LogP contribution in [-0.2, 0) is 26.7 Å². The van der Waals surface area contributed by atoms with E-state index in [1.807, 2.05) is 0 Å². The summed E-state index contributed by atoms with van der Waals surface area (Å²) >= 11 is 0. The molecule has 0 aromatic carbocycles. The van der Waals surface area contributed by atoms with Crippen LogP contribution in [0.5, 0.6) is 0 Å². The van der Waals surface area contributed by atoms with E-state index >= 15 is 0 Å². The van der Waals surface area contributed by atoms with Gasteiger partial charge < -0.3 is 10.2 Å². The first-order valence-electron chi connectivity index (χ1n) is 3.62. The van der Waals surface area contributed by atoms with Gasteiger partial charge in [-0.1, -0.05) is 0 Å². The number of aliphatic carboxylic acids is 2. The molecule has 0 rings (SSSR count). The predicted octanol–water partition coefficient (Wildman–Crippen LogP) is 1.69. The number of hydrogen-bond donors (Lipinski definition) is 2. The number of hydrogen-bond acceptors (Lipinski definition) is 2. The maximum Gasteiger partial charge on any atom is 0.410 e. The molecule has 0 fully saturated rings. The fourth-order valence-corrected chi connectivity index (χ4v) is 0.663. The molecule has 0 aliphatic heterocycles. The van der Waals surface area contributed by atoms with Gasteiger partial charge in [-0.2, -0.15) is 35.1 Å². The first-order valence-corrected chi connectivity index (χ1v) is 3.62. The number of carboxylic acids is 2. The number of carbonyl (C=O) groups is 2. The zero-order valence-corrected chi connectivity index (χ0v) is 8.98. The molecule has 19 heavy (non-hydrogen) atoms. The molecule has 0 aliphatic rings. The van der Waals surface area contributed by atoms with Gasteiger partial charge in [0.15, 0.2) is 0 Å². The minimum atomic E-state index is -7.12. The summed E-state index contributed by atoms with van der Waals surface area (Å²) in [5.41, 5.74) is 0. The molecule has 1 radical (unpaired) electrons. The van der Waals surface area contributed by atoms with E-state index in [0.717, 1.165) is 0 Å². The van der Waals surface area contributed by atoms with Gasteiger partial charge in [-0.25, -0.2) is 9.59 Å². The van der Waals surface area contributed by atoms with E-state index in [1.54, 1.807) is 0 Å². The van der Waals surface area contributed by atoms with Gasteiger partial charge >= 0.3 is 35.6 Å². The van der Waals surface area contributed by atoms with E-state index in [9.17, 15) is 44.7 Å². The zero-order valence-electron chi connectivity index (χ0n) is 8.04. The van der Waals surface area contributed by atoms with Crippen molar-refractivity contribution in [2.45, 2.75) is 23.7 Å². The molecule has 0 amide bonds. The predicted molar refractivity (Wildman–Crippen MR) is 35.1 cm³/mol. The molecule has 4 nitrogen and oxygen atoms in total. The van der Waals surface area contributed by atoms with Crippen molar-refractivity contribution >= 4 is 11.9 Å². The first kappa shape index (κ1) is 20.2. The summed E-state index contributed by atoms with van der Waals surface area (Å²) in [4.78, 5) is 19.3. The van der Waals surface area contributed by atoms with Crippen LogP contribution < -0.4 is 0 Å². The Morgan fingerprint density at radius 2 is 0.789 bits per heavy atom.